The molecule has 39 heavy (non-hydrogen) atoms. The lowest BCUT2D eigenvalue weighted by molar-refractivity contribution is -0.193. The Kier molecular flexibility index (Phi) is 10.9. The molecule has 1 unspecified atom stereocenters. The molecule has 0 aromatic carbocycles. The lowest BCUT2D eigenvalue weighted by Crippen LogP contribution is -2.59. The van der Waals surface area contributed by atoms with Crippen LogP contribution in [0.2, 0.25) is 0 Å². The van der Waals surface area contributed by atoms with Gasteiger partial charge in [0.1, 0.15) is 0 Å². The molecule has 4 rings (SSSR count). The van der Waals surface area contributed by atoms with Gasteiger partial charge in [0.05, 0.1) is 31.1 Å². The van der Waals surface area contributed by atoms with E-state index in [1.165, 1.54) is 18.0 Å². The van der Waals surface area contributed by atoms with Crippen LogP contribution in [0.1, 0.15) is 18.4 Å². The summed E-state index contributed by atoms with van der Waals surface area (Å²) in [5.41, 5.74) is 1.06. The minimum atomic E-state index is -5.08. The van der Waals surface area contributed by atoms with E-state index in [9.17, 15) is 30.7 Å². The summed E-state index contributed by atoms with van der Waals surface area (Å²) in [6.07, 6.45) is -2.01. The van der Waals surface area contributed by atoms with E-state index in [0.717, 1.165) is 52.2 Å². The molecular formula is C22H24F7N5O5. The van der Waals surface area contributed by atoms with Crippen LogP contribution in [0.5, 0.6) is 0 Å². The first-order chi connectivity index (χ1) is 18.1. The number of rotatable bonds is 3. The zero-order chi connectivity index (χ0) is 29.3. The molecule has 2 aromatic rings. The van der Waals surface area contributed by atoms with E-state index in [2.05, 4.69) is 36.9 Å². The summed E-state index contributed by atoms with van der Waals surface area (Å²) in [6.45, 7) is 5.06. The minimum Gasteiger partial charge on any atom is -0.475 e. The Balaban J connectivity index is 0.000000317. The normalized spacial score (nSPS) is 19.8. The van der Waals surface area contributed by atoms with Gasteiger partial charge in [-0.05, 0) is 30.5 Å². The molecule has 2 aromatic heterocycles. The largest absolute Gasteiger partial charge is 0.490 e. The molecule has 10 nitrogen and oxygen atoms in total. The van der Waals surface area contributed by atoms with Gasteiger partial charge in [-0.25, -0.2) is 23.9 Å². The number of pyridine rings is 1. The maximum absolute atomic E-state index is 13.1. The fraction of sp³-hybridized carbons (Fsp3) is 0.500. The van der Waals surface area contributed by atoms with Crippen molar-refractivity contribution < 1.29 is 55.3 Å². The summed E-state index contributed by atoms with van der Waals surface area (Å²) in [5, 5.41) is 14.2. The third kappa shape index (κ3) is 10.6. The van der Waals surface area contributed by atoms with Crippen LogP contribution in [0, 0.1) is 5.82 Å². The number of alkyl halides is 6. The van der Waals surface area contributed by atoms with Gasteiger partial charge in [-0.2, -0.15) is 26.3 Å². The van der Waals surface area contributed by atoms with Crippen LogP contribution in [-0.4, -0.2) is 92.7 Å². The highest BCUT2D eigenvalue weighted by Crippen LogP contribution is 2.31. The van der Waals surface area contributed by atoms with Gasteiger partial charge in [-0.3, -0.25) is 9.88 Å². The van der Waals surface area contributed by atoms with Gasteiger partial charge in [-0.1, -0.05) is 0 Å². The Bertz CT molecular complexity index is 1050. The number of ether oxygens (including phenoxy) is 1. The number of hydrogen-bond donors (Lipinski definition) is 2. The molecule has 0 saturated carbocycles. The first kappa shape index (κ1) is 31.6. The predicted octanol–water partition coefficient (Wildman–Crippen LogP) is 3.15. The van der Waals surface area contributed by atoms with E-state index in [1.807, 2.05) is 12.4 Å². The van der Waals surface area contributed by atoms with Crippen molar-refractivity contribution >= 4 is 17.9 Å². The van der Waals surface area contributed by atoms with E-state index in [-0.39, 0.29) is 5.60 Å². The molecule has 2 fully saturated rings. The highest BCUT2D eigenvalue weighted by molar-refractivity contribution is 5.73. The number of nitrogens with zero attached hydrogens (tertiary/aromatic N) is 5. The van der Waals surface area contributed by atoms with Crippen molar-refractivity contribution in [3.8, 4) is 0 Å². The van der Waals surface area contributed by atoms with Crippen LogP contribution < -0.4 is 4.90 Å². The maximum Gasteiger partial charge on any atom is 0.490 e. The second-order valence-electron chi connectivity index (χ2n) is 8.43. The second kappa shape index (κ2) is 13.5. The van der Waals surface area contributed by atoms with E-state index in [1.54, 1.807) is 0 Å². The summed E-state index contributed by atoms with van der Waals surface area (Å²) in [5.74, 6) is -5.34. The molecule has 2 N–H and O–H groups in total. The predicted molar refractivity (Wildman–Crippen MR) is 119 cm³/mol. The van der Waals surface area contributed by atoms with Crippen molar-refractivity contribution in [2.24, 2.45) is 0 Å². The highest BCUT2D eigenvalue weighted by Gasteiger charge is 2.41. The molecule has 2 aliphatic heterocycles. The lowest BCUT2D eigenvalue weighted by Gasteiger charge is -2.48. The summed E-state index contributed by atoms with van der Waals surface area (Å²) in [7, 11) is 0. The molecular weight excluding hydrogens is 547 g/mol. The van der Waals surface area contributed by atoms with E-state index in [4.69, 9.17) is 24.5 Å². The van der Waals surface area contributed by atoms with Crippen LogP contribution >= 0.6 is 0 Å². The van der Waals surface area contributed by atoms with E-state index in [0.29, 0.717) is 5.95 Å². The number of halogens is 7. The lowest BCUT2D eigenvalue weighted by atomic mass is 9.90. The fourth-order valence-corrected chi connectivity index (χ4v) is 3.79. The average molecular weight is 571 g/mol. The van der Waals surface area contributed by atoms with Crippen LogP contribution in [0.15, 0.2) is 36.9 Å². The number of carboxylic acid groups (broad SMARTS) is 2. The van der Waals surface area contributed by atoms with E-state index >= 15 is 0 Å². The molecule has 0 bridgehead atoms. The van der Waals surface area contributed by atoms with Gasteiger partial charge in [0.25, 0.3) is 0 Å². The van der Waals surface area contributed by atoms with Crippen molar-refractivity contribution in [3.63, 3.8) is 0 Å². The molecule has 0 radical (unpaired) electrons. The number of morpholine rings is 1. The molecule has 2 aliphatic rings. The maximum atomic E-state index is 13.1. The van der Waals surface area contributed by atoms with Crippen molar-refractivity contribution in [1.82, 2.24) is 19.9 Å². The Hall–Kier alpha value is -3.60. The Morgan fingerprint density at radius 1 is 0.949 bits per heavy atom. The third-order valence-electron chi connectivity index (χ3n) is 5.40. The monoisotopic (exact) mass is 571 g/mol. The number of hydrogen-bond acceptors (Lipinski definition) is 8. The van der Waals surface area contributed by atoms with Crippen molar-refractivity contribution in [1.29, 1.82) is 0 Å². The number of piperidine rings is 1. The molecule has 1 spiro atoms. The van der Waals surface area contributed by atoms with E-state index < -0.39 is 30.1 Å². The molecule has 1 atom stereocenters. The van der Waals surface area contributed by atoms with Crippen LogP contribution in [0.4, 0.5) is 36.7 Å². The zero-order valence-corrected chi connectivity index (χ0v) is 20.1. The minimum absolute atomic E-state index is 0.207. The number of anilines is 1. The quantitative estimate of drug-likeness (QED) is 0.531. The Morgan fingerprint density at radius 3 is 2.00 bits per heavy atom. The second-order valence-corrected chi connectivity index (χ2v) is 8.43. The molecule has 17 heteroatoms. The average Bonchev–Trinajstić information content (AvgIpc) is 2.85. The zero-order valence-electron chi connectivity index (χ0n) is 20.1. The third-order valence-corrected chi connectivity index (χ3v) is 5.40. The number of aliphatic carboxylic acids is 2. The van der Waals surface area contributed by atoms with Gasteiger partial charge in [0.2, 0.25) is 5.95 Å². The van der Waals surface area contributed by atoms with Gasteiger partial charge >= 0.3 is 24.3 Å². The summed E-state index contributed by atoms with van der Waals surface area (Å²) in [4.78, 5) is 34.7. The Morgan fingerprint density at radius 2 is 1.49 bits per heavy atom. The summed E-state index contributed by atoms with van der Waals surface area (Å²) in [6, 6.07) is 4.11. The molecule has 4 heterocycles. The standard InChI is InChI=1S/C18H22FN5O.2C2HF3O2/c19-16-10-21-17(22-11-16)24-7-1-4-18(14-24)13-23(8-9-25-18)12-15-2-5-20-6-3-15;2*3-2(4,5)1(6)7/h2-3,5-6,10-11H,1,4,7-9,12-14H2;2*(H,6,7). The first-order valence-electron chi connectivity index (χ1n) is 11.2. The number of aromatic nitrogens is 3. The topological polar surface area (TPSA) is 129 Å². The van der Waals surface area contributed by atoms with Crippen LogP contribution in [0.25, 0.3) is 0 Å². The first-order valence-corrected chi connectivity index (χ1v) is 11.2. The molecule has 0 aliphatic carbocycles. The van der Waals surface area contributed by atoms with Gasteiger partial charge < -0.3 is 19.8 Å². The van der Waals surface area contributed by atoms with Crippen molar-refractivity contribution in [3.05, 3.63) is 48.3 Å². The van der Waals surface area contributed by atoms with Gasteiger partial charge in [-0.15, -0.1) is 0 Å². The molecule has 2 saturated heterocycles. The number of carbonyl (C=O) groups is 2. The van der Waals surface area contributed by atoms with Crippen LogP contribution in [-0.2, 0) is 20.9 Å². The Labute approximate surface area is 217 Å². The molecule has 0 amide bonds. The molecule has 216 valence electrons. The fourth-order valence-electron chi connectivity index (χ4n) is 3.79. The van der Waals surface area contributed by atoms with Crippen LogP contribution in [0.3, 0.4) is 0 Å². The summed E-state index contributed by atoms with van der Waals surface area (Å²) < 4.78 is 82.8. The summed E-state index contributed by atoms with van der Waals surface area (Å²) >= 11 is 0. The number of carboxylic acids is 2. The SMILES string of the molecule is Fc1cnc(N2CCCC3(CN(Cc4ccncc4)CCO3)C2)nc1.O=C(O)C(F)(F)F.O=C(O)C(F)(F)F. The highest BCUT2D eigenvalue weighted by atomic mass is 19.4. The smallest absolute Gasteiger partial charge is 0.475 e. The van der Waals surface area contributed by atoms with Crippen molar-refractivity contribution in [2.75, 3.05) is 37.7 Å². The van der Waals surface area contributed by atoms with Gasteiger partial charge in [0.15, 0.2) is 5.82 Å². The van der Waals surface area contributed by atoms with Crippen molar-refractivity contribution in [2.45, 2.75) is 37.3 Å². The van der Waals surface area contributed by atoms with Gasteiger partial charge in [0, 0.05) is 38.6 Å².